The molecule has 2 aliphatic rings. The highest BCUT2D eigenvalue weighted by molar-refractivity contribution is 5.99. The van der Waals surface area contributed by atoms with Crippen molar-refractivity contribution in [3.8, 4) is 0 Å². The van der Waals surface area contributed by atoms with E-state index in [0.29, 0.717) is 0 Å². The summed E-state index contributed by atoms with van der Waals surface area (Å²) in [5.74, 6) is -1.68. The summed E-state index contributed by atoms with van der Waals surface area (Å²) in [4.78, 5) is 39.6. The van der Waals surface area contributed by atoms with E-state index in [2.05, 4.69) is 4.90 Å². The largest absolute Gasteiger partial charge is 0.481 e. The fourth-order valence-electron chi connectivity index (χ4n) is 3.42. The summed E-state index contributed by atoms with van der Waals surface area (Å²) in [6, 6.07) is 7.73. The Balaban J connectivity index is 0.000000501. The van der Waals surface area contributed by atoms with Gasteiger partial charge in [0.25, 0.3) is 0 Å². The van der Waals surface area contributed by atoms with Crippen molar-refractivity contribution in [2.24, 2.45) is 5.92 Å². The normalized spacial score (nSPS) is 20.1. The molecule has 0 radical (unpaired) electrons. The molecule has 172 valence electrons. The van der Waals surface area contributed by atoms with E-state index in [0.717, 1.165) is 56.8 Å². The minimum absolute atomic E-state index is 0.0417. The van der Waals surface area contributed by atoms with E-state index in [9.17, 15) is 14.4 Å². The van der Waals surface area contributed by atoms with Gasteiger partial charge in [-0.25, -0.2) is 0 Å². The number of aliphatic carboxylic acids is 1. The summed E-state index contributed by atoms with van der Waals surface area (Å²) in [7, 11) is 1.71. The van der Waals surface area contributed by atoms with Crippen molar-refractivity contribution in [3.05, 3.63) is 29.8 Å². The first-order valence-electron chi connectivity index (χ1n) is 10.7. The molecule has 0 bridgehead atoms. The fourth-order valence-corrected chi connectivity index (χ4v) is 3.42. The molecule has 0 aromatic heterocycles. The van der Waals surface area contributed by atoms with Gasteiger partial charge in [0, 0.05) is 58.5 Å². The molecule has 1 aromatic rings. The van der Waals surface area contributed by atoms with Crippen molar-refractivity contribution in [2.45, 2.75) is 45.8 Å². The molecule has 0 spiro atoms. The minimum atomic E-state index is -0.919. The number of nitrogens with zero attached hydrogens (tertiary/aromatic N) is 3. The number of methoxy groups -OCH3 is 1. The van der Waals surface area contributed by atoms with Gasteiger partial charge in [-0.3, -0.25) is 19.3 Å². The first-order valence-corrected chi connectivity index (χ1v) is 10.7. The lowest BCUT2D eigenvalue weighted by molar-refractivity contribution is -0.141. The number of benzene rings is 1. The Hall–Kier alpha value is -2.45. The van der Waals surface area contributed by atoms with E-state index < -0.39 is 11.9 Å². The van der Waals surface area contributed by atoms with Crippen LogP contribution in [0.5, 0.6) is 0 Å². The number of amides is 2. The van der Waals surface area contributed by atoms with Crippen LogP contribution in [0.25, 0.3) is 0 Å². The van der Waals surface area contributed by atoms with Gasteiger partial charge in [0.15, 0.2) is 0 Å². The lowest BCUT2D eigenvalue weighted by Crippen LogP contribution is -2.29. The smallest absolute Gasteiger partial charge is 0.308 e. The molecule has 8 nitrogen and oxygen atoms in total. The molecule has 1 unspecified atom stereocenters. The molecule has 2 aliphatic heterocycles. The van der Waals surface area contributed by atoms with Crippen molar-refractivity contribution < 1.29 is 24.2 Å². The van der Waals surface area contributed by atoms with Crippen LogP contribution in [-0.4, -0.2) is 78.6 Å². The average molecular weight is 434 g/mol. The van der Waals surface area contributed by atoms with Crippen molar-refractivity contribution in [2.75, 3.05) is 44.7 Å². The third-order valence-electron chi connectivity index (χ3n) is 5.51. The number of carboxylic acids is 1. The van der Waals surface area contributed by atoms with Gasteiger partial charge in [0.2, 0.25) is 12.3 Å². The van der Waals surface area contributed by atoms with E-state index in [1.807, 2.05) is 45.0 Å². The Bertz CT molecular complexity index is 745. The van der Waals surface area contributed by atoms with Gasteiger partial charge in [0.05, 0.1) is 11.5 Å². The summed E-state index contributed by atoms with van der Waals surface area (Å²) in [5, 5.41) is 9.07. The molecule has 1 atom stereocenters. The molecule has 8 heteroatoms. The first kappa shape index (κ1) is 24.8. The zero-order chi connectivity index (χ0) is 23.0. The van der Waals surface area contributed by atoms with Crippen LogP contribution in [0.2, 0.25) is 0 Å². The first-order chi connectivity index (χ1) is 14.6. The Labute approximate surface area is 184 Å². The third kappa shape index (κ3) is 7.95. The second-order valence-corrected chi connectivity index (χ2v) is 9.00. The Morgan fingerprint density at radius 1 is 1.16 bits per heavy atom. The zero-order valence-corrected chi connectivity index (χ0v) is 19.0. The molecule has 31 heavy (non-hydrogen) atoms. The van der Waals surface area contributed by atoms with E-state index >= 15 is 0 Å². The van der Waals surface area contributed by atoms with E-state index in [-0.39, 0.29) is 24.5 Å². The highest BCUT2D eigenvalue weighted by atomic mass is 16.5. The topological polar surface area (TPSA) is 90.4 Å². The summed E-state index contributed by atoms with van der Waals surface area (Å²) >= 11 is 0. The maximum Gasteiger partial charge on any atom is 0.308 e. The fraction of sp³-hybridized carbons (Fsp3) is 0.609. The molecule has 3 rings (SSSR count). The molecule has 2 amide bonds. The molecule has 1 N–H and O–H groups in total. The van der Waals surface area contributed by atoms with Gasteiger partial charge < -0.3 is 19.6 Å². The van der Waals surface area contributed by atoms with Gasteiger partial charge in [-0.1, -0.05) is 12.1 Å². The number of carbonyl (C=O) groups is 3. The van der Waals surface area contributed by atoms with Crippen LogP contribution in [-0.2, 0) is 25.7 Å². The second-order valence-electron chi connectivity index (χ2n) is 9.00. The van der Waals surface area contributed by atoms with Gasteiger partial charge in [-0.2, -0.15) is 0 Å². The predicted molar refractivity (Wildman–Crippen MR) is 119 cm³/mol. The lowest BCUT2D eigenvalue weighted by atomic mass is 10.1. The van der Waals surface area contributed by atoms with Crippen LogP contribution in [0.15, 0.2) is 24.3 Å². The molecule has 2 saturated heterocycles. The van der Waals surface area contributed by atoms with Crippen molar-refractivity contribution in [3.63, 3.8) is 0 Å². The number of hydrogen-bond acceptors (Lipinski definition) is 5. The van der Waals surface area contributed by atoms with Gasteiger partial charge >= 0.3 is 5.97 Å². The maximum atomic E-state index is 12.0. The molecule has 1 aromatic carbocycles. The van der Waals surface area contributed by atoms with Crippen molar-refractivity contribution >= 4 is 24.0 Å². The maximum absolute atomic E-state index is 12.0. The van der Waals surface area contributed by atoms with Crippen LogP contribution in [0, 0.1) is 5.92 Å². The third-order valence-corrected chi connectivity index (χ3v) is 5.51. The number of hydrogen-bond donors (Lipinski definition) is 1. The lowest BCUT2D eigenvalue weighted by Gasteiger charge is -2.21. The van der Waals surface area contributed by atoms with Crippen LogP contribution in [0.4, 0.5) is 5.69 Å². The summed E-state index contributed by atoms with van der Waals surface area (Å²) < 4.78 is 4.94. The standard InChI is InChI=1S/C18H23N3O4.C5H12O/c22-13-20-7-1-6-19(8-9-20)11-14-2-4-16(5-3-14)21-12-15(18(24)25)10-17(21)23;1-5(2,3)6-4/h2-5,13,15H,1,6-12H2,(H,24,25);1-4H3. The average Bonchev–Trinajstić information content (AvgIpc) is 2.98. The SMILES string of the molecule is COC(C)(C)C.O=CN1CCCN(Cc2ccc(N3CC(C(=O)O)CC3=O)cc2)CC1. The van der Waals surface area contributed by atoms with Crippen molar-refractivity contribution in [1.29, 1.82) is 0 Å². The highest BCUT2D eigenvalue weighted by Gasteiger charge is 2.34. The predicted octanol–water partition coefficient (Wildman–Crippen LogP) is 2.22. The van der Waals surface area contributed by atoms with Gasteiger partial charge in [-0.15, -0.1) is 0 Å². The summed E-state index contributed by atoms with van der Waals surface area (Å²) in [6.07, 6.45) is 1.95. The molecule has 2 fully saturated rings. The second kappa shape index (κ2) is 11.2. The quantitative estimate of drug-likeness (QED) is 0.716. The number of ether oxygens (including phenoxy) is 1. The Morgan fingerprint density at radius 3 is 2.32 bits per heavy atom. The van der Waals surface area contributed by atoms with E-state index in [1.165, 1.54) is 0 Å². The minimum Gasteiger partial charge on any atom is -0.481 e. The van der Waals surface area contributed by atoms with Crippen LogP contribution < -0.4 is 4.90 Å². The van der Waals surface area contributed by atoms with Crippen molar-refractivity contribution in [1.82, 2.24) is 9.80 Å². The zero-order valence-electron chi connectivity index (χ0n) is 19.0. The summed E-state index contributed by atoms with van der Waals surface area (Å²) in [5.41, 5.74) is 1.94. The van der Waals surface area contributed by atoms with Crippen LogP contribution in [0.1, 0.15) is 39.2 Å². The molecule has 0 aliphatic carbocycles. The number of anilines is 1. The van der Waals surface area contributed by atoms with Gasteiger partial charge in [-0.05, 0) is 44.9 Å². The molecule has 2 heterocycles. The Kier molecular flexibility index (Phi) is 9.00. The number of carbonyl (C=O) groups excluding carboxylic acids is 2. The molecular formula is C23H35N3O5. The summed E-state index contributed by atoms with van der Waals surface area (Å²) in [6.45, 7) is 10.5. The Morgan fingerprint density at radius 2 is 1.81 bits per heavy atom. The molecule has 0 saturated carbocycles. The van der Waals surface area contributed by atoms with Gasteiger partial charge in [0.1, 0.15) is 0 Å². The number of carboxylic acid groups (broad SMARTS) is 1. The van der Waals surface area contributed by atoms with E-state index in [1.54, 1.807) is 16.9 Å². The number of rotatable bonds is 5. The highest BCUT2D eigenvalue weighted by Crippen LogP contribution is 2.25. The molecular weight excluding hydrogens is 398 g/mol. The van der Waals surface area contributed by atoms with E-state index in [4.69, 9.17) is 9.84 Å². The monoisotopic (exact) mass is 433 g/mol. The van der Waals surface area contributed by atoms with Crippen LogP contribution >= 0.6 is 0 Å². The van der Waals surface area contributed by atoms with Crippen LogP contribution in [0.3, 0.4) is 0 Å².